The third-order valence-corrected chi connectivity index (χ3v) is 5.69. The van der Waals surface area contributed by atoms with Gasteiger partial charge in [-0.2, -0.15) is 0 Å². The molecule has 0 unspecified atom stereocenters. The van der Waals surface area contributed by atoms with Gasteiger partial charge in [0, 0.05) is 32.4 Å². The molecule has 2 N–H and O–H groups in total. The van der Waals surface area contributed by atoms with Gasteiger partial charge in [0.1, 0.15) is 28.9 Å². The summed E-state index contributed by atoms with van der Waals surface area (Å²) in [5.41, 5.74) is 4.06. The summed E-state index contributed by atoms with van der Waals surface area (Å²) in [6.07, 6.45) is 4.93. The first-order chi connectivity index (χ1) is 17.2. The molecule has 5 aromatic rings. The van der Waals surface area contributed by atoms with Crippen LogP contribution in [0.25, 0.3) is 22.1 Å². The summed E-state index contributed by atoms with van der Waals surface area (Å²) in [6, 6.07) is 11.7. The topological polar surface area (TPSA) is 114 Å². The molecule has 0 saturated carbocycles. The monoisotopic (exact) mass is 484 g/mol. The van der Waals surface area contributed by atoms with Gasteiger partial charge in [0.2, 0.25) is 5.95 Å². The Morgan fingerprint density at radius 3 is 2.67 bits per heavy atom. The second-order valence-electron chi connectivity index (χ2n) is 9.51. The molecule has 10 nitrogen and oxygen atoms in total. The van der Waals surface area contributed by atoms with Crippen molar-refractivity contribution in [3.63, 3.8) is 0 Å². The number of hydrogen-bond acceptors (Lipinski definition) is 9. The van der Waals surface area contributed by atoms with Crippen molar-refractivity contribution in [1.82, 2.24) is 29.5 Å². The van der Waals surface area contributed by atoms with E-state index < -0.39 is 5.60 Å². The predicted octanol–water partition coefficient (Wildman–Crippen LogP) is 4.36. The maximum atomic E-state index is 10.2. The number of nitrogens with one attached hydrogen (secondary N) is 1. The van der Waals surface area contributed by atoms with Crippen molar-refractivity contribution in [2.75, 3.05) is 23.8 Å². The van der Waals surface area contributed by atoms with Gasteiger partial charge < -0.3 is 24.6 Å². The fourth-order valence-electron chi connectivity index (χ4n) is 4.06. The highest BCUT2D eigenvalue weighted by Gasteiger charge is 2.18. The average Bonchev–Trinajstić information content (AvgIpc) is 3.19. The van der Waals surface area contributed by atoms with Gasteiger partial charge in [0.15, 0.2) is 5.82 Å². The van der Waals surface area contributed by atoms with Crippen molar-refractivity contribution in [3.05, 3.63) is 60.8 Å². The van der Waals surface area contributed by atoms with E-state index in [4.69, 9.17) is 4.74 Å². The summed E-state index contributed by atoms with van der Waals surface area (Å²) in [4.78, 5) is 23.9. The molecule has 184 valence electrons. The minimum Gasteiger partial charge on any atom is -0.457 e. The van der Waals surface area contributed by atoms with Gasteiger partial charge in [0.05, 0.1) is 29.2 Å². The Hall–Kier alpha value is -4.31. The minimum absolute atomic E-state index is 0.378. The van der Waals surface area contributed by atoms with Gasteiger partial charge in [-0.25, -0.2) is 24.9 Å². The Balaban J connectivity index is 1.38. The van der Waals surface area contributed by atoms with Crippen LogP contribution in [0.5, 0.6) is 11.5 Å². The molecule has 0 amide bonds. The number of aryl methyl sites for hydroxylation is 2. The Labute approximate surface area is 208 Å². The Morgan fingerprint density at radius 1 is 1.06 bits per heavy atom. The van der Waals surface area contributed by atoms with Crippen LogP contribution in [-0.4, -0.2) is 53.8 Å². The van der Waals surface area contributed by atoms with E-state index in [9.17, 15) is 5.11 Å². The zero-order valence-corrected chi connectivity index (χ0v) is 20.9. The van der Waals surface area contributed by atoms with Crippen LogP contribution < -0.4 is 15.0 Å². The van der Waals surface area contributed by atoms with Crippen LogP contribution in [0.2, 0.25) is 0 Å². The molecule has 36 heavy (non-hydrogen) atoms. The van der Waals surface area contributed by atoms with E-state index in [-0.39, 0.29) is 0 Å². The van der Waals surface area contributed by atoms with Gasteiger partial charge in [-0.05, 0) is 56.7 Å². The number of imidazole rings is 1. The van der Waals surface area contributed by atoms with E-state index in [0.717, 1.165) is 33.8 Å². The predicted molar refractivity (Wildman–Crippen MR) is 140 cm³/mol. The quantitative estimate of drug-likeness (QED) is 0.348. The molecule has 0 spiro atoms. The van der Waals surface area contributed by atoms with Gasteiger partial charge in [0.25, 0.3) is 0 Å². The van der Waals surface area contributed by atoms with Crippen molar-refractivity contribution in [3.8, 4) is 11.5 Å². The third-order valence-electron chi connectivity index (χ3n) is 5.69. The first-order valence-corrected chi connectivity index (χ1v) is 11.5. The van der Waals surface area contributed by atoms with Crippen LogP contribution in [-0.2, 0) is 7.05 Å². The van der Waals surface area contributed by atoms with Crippen molar-refractivity contribution in [1.29, 1.82) is 0 Å². The molecule has 10 heteroatoms. The van der Waals surface area contributed by atoms with Crippen LogP contribution in [0, 0.1) is 6.92 Å². The first kappa shape index (κ1) is 23.4. The molecule has 3 aromatic heterocycles. The number of aliphatic hydroxyl groups is 1. The molecular formula is C26H28N8O2. The lowest BCUT2D eigenvalue weighted by atomic mass is 10.1. The number of nitrogens with zero attached hydrogens (tertiary/aromatic N) is 7. The van der Waals surface area contributed by atoms with Crippen molar-refractivity contribution >= 4 is 39.5 Å². The third kappa shape index (κ3) is 4.89. The lowest BCUT2D eigenvalue weighted by Crippen LogP contribution is -2.37. The van der Waals surface area contributed by atoms with Gasteiger partial charge in [-0.1, -0.05) is 0 Å². The first-order valence-electron chi connectivity index (χ1n) is 11.5. The number of ether oxygens (including phenoxy) is 1. The molecule has 3 heterocycles. The van der Waals surface area contributed by atoms with E-state index in [1.165, 1.54) is 6.33 Å². The summed E-state index contributed by atoms with van der Waals surface area (Å²) in [5, 5.41) is 13.5. The highest BCUT2D eigenvalue weighted by atomic mass is 16.5. The summed E-state index contributed by atoms with van der Waals surface area (Å²) in [5.74, 6) is 2.52. The van der Waals surface area contributed by atoms with Crippen LogP contribution in [0.15, 0.2) is 55.2 Å². The average molecular weight is 485 g/mol. The molecule has 0 saturated heterocycles. The second kappa shape index (κ2) is 9.04. The summed E-state index contributed by atoms with van der Waals surface area (Å²) in [7, 11) is 3.80. The molecule has 0 atom stereocenters. The molecule has 0 radical (unpaired) electrons. The Morgan fingerprint density at radius 2 is 1.89 bits per heavy atom. The molecule has 0 aliphatic heterocycles. The zero-order valence-electron chi connectivity index (χ0n) is 20.9. The number of hydrogen-bond donors (Lipinski definition) is 2. The highest BCUT2D eigenvalue weighted by molar-refractivity contribution is 5.87. The number of aromatic nitrogens is 6. The number of anilines is 3. The fourth-order valence-corrected chi connectivity index (χ4v) is 4.06. The van der Waals surface area contributed by atoms with E-state index in [2.05, 4.69) is 30.2 Å². The smallest absolute Gasteiger partial charge is 0.225 e. The maximum absolute atomic E-state index is 10.2. The second-order valence-corrected chi connectivity index (χ2v) is 9.51. The van der Waals surface area contributed by atoms with Crippen LogP contribution in [0.1, 0.15) is 19.4 Å². The van der Waals surface area contributed by atoms with Gasteiger partial charge in [-0.15, -0.1) is 0 Å². The standard InChI is InChI=1S/C26H28N8O2/c1-16-10-17(6-9-22(16)36-18-7-8-21-19(11-18)30-15-34(21)5)31-24-23-20(28-14-29-24)12-27-25(32-23)33(4)13-26(2,3)35/h6-12,14-15,35H,13H2,1-5H3,(H,28,29,31). The number of benzene rings is 2. The van der Waals surface area contributed by atoms with E-state index in [1.54, 1.807) is 31.3 Å². The summed E-state index contributed by atoms with van der Waals surface area (Å²) in [6.45, 7) is 5.85. The summed E-state index contributed by atoms with van der Waals surface area (Å²) >= 11 is 0. The van der Waals surface area contributed by atoms with Crippen molar-refractivity contribution in [2.24, 2.45) is 7.05 Å². The molecule has 0 aliphatic rings. The van der Waals surface area contributed by atoms with Gasteiger partial charge in [-0.3, -0.25) is 0 Å². The lowest BCUT2D eigenvalue weighted by molar-refractivity contribution is 0.0883. The van der Waals surface area contributed by atoms with Gasteiger partial charge >= 0.3 is 0 Å². The molecule has 0 bridgehead atoms. The molecule has 0 aliphatic carbocycles. The Bertz CT molecular complexity index is 1560. The molecular weight excluding hydrogens is 456 g/mol. The zero-order chi connectivity index (χ0) is 25.4. The maximum Gasteiger partial charge on any atom is 0.225 e. The Kier molecular flexibility index (Phi) is 5.89. The van der Waals surface area contributed by atoms with Crippen LogP contribution in [0.4, 0.5) is 17.5 Å². The highest BCUT2D eigenvalue weighted by Crippen LogP contribution is 2.31. The fraction of sp³-hybridized carbons (Fsp3) is 0.269. The van der Waals surface area contributed by atoms with Crippen molar-refractivity contribution in [2.45, 2.75) is 26.4 Å². The number of likely N-dealkylation sites (N-methyl/N-ethyl adjacent to an activating group) is 1. The van der Waals surface area contributed by atoms with E-state index >= 15 is 0 Å². The SMILES string of the molecule is Cc1cc(Nc2ncnc3cnc(N(C)CC(C)(C)O)nc23)ccc1Oc1ccc2c(c1)ncn2C. The summed E-state index contributed by atoms with van der Waals surface area (Å²) < 4.78 is 8.11. The molecule has 0 fully saturated rings. The van der Waals surface area contributed by atoms with E-state index in [1.807, 2.05) is 62.0 Å². The number of fused-ring (bicyclic) bond motifs is 2. The normalized spacial score (nSPS) is 11.7. The minimum atomic E-state index is -0.883. The van der Waals surface area contributed by atoms with Crippen LogP contribution in [0.3, 0.4) is 0 Å². The molecule has 2 aromatic carbocycles. The molecule has 5 rings (SSSR count). The van der Waals surface area contributed by atoms with Crippen LogP contribution >= 0.6 is 0 Å². The number of rotatable bonds is 7. The van der Waals surface area contributed by atoms with Crippen molar-refractivity contribution < 1.29 is 9.84 Å². The largest absolute Gasteiger partial charge is 0.457 e. The lowest BCUT2D eigenvalue weighted by Gasteiger charge is -2.25. The van der Waals surface area contributed by atoms with E-state index in [0.29, 0.717) is 29.3 Å².